The van der Waals surface area contributed by atoms with Gasteiger partial charge in [-0.25, -0.2) is 0 Å². The lowest BCUT2D eigenvalue weighted by Crippen LogP contribution is -2.61. The van der Waals surface area contributed by atoms with Gasteiger partial charge in [0.2, 0.25) is 5.91 Å². The zero-order valence-electron chi connectivity index (χ0n) is 10.7. The molecule has 1 atom stereocenters. The van der Waals surface area contributed by atoms with Crippen molar-refractivity contribution in [2.75, 3.05) is 0 Å². The molecule has 0 aromatic heterocycles. The monoisotopic (exact) mass is 242 g/mol. The van der Waals surface area contributed by atoms with E-state index in [0.717, 1.165) is 6.42 Å². The Balaban J connectivity index is 2.66. The molecular weight excluding hydrogens is 220 g/mol. The highest BCUT2D eigenvalue weighted by atomic mass is 16.4. The molecule has 5 nitrogen and oxygen atoms in total. The lowest BCUT2D eigenvalue weighted by atomic mass is 9.76. The van der Waals surface area contributed by atoms with E-state index in [2.05, 4.69) is 5.32 Å². The van der Waals surface area contributed by atoms with Crippen LogP contribution in [0.1, 0.15) is 46.5 Å². The number of carbonyl (C=O) groups is 2. The maximum Gasteiger partial charge on any atom is 0.305 e. The molecule has 17 heavy (non-hydrogen) atoms. The molecule has 1 amide bonds. The summed E-state index contributed by atoms with van der Waals surface area (Å²) in [5.41, 5.74) is 4.84. The average molecular weight is 242 g/mol. The second kappa shape index (κ2) is 4.64. The predicted octanol–water partition coefficient (Wildman–Crippen LogP) is 0.873. The molecule has 0 saturated heterocycles. The Morgan fingerprint density at radius 3 is 2.24 bits per heavy atom. The number of carboxylic acids is 1. The molecule has 0 aliphatic heterocycles. The van der Waals surface area contributed by atoms with Crippen LogP contribution >= 0.6 is 0 Å². The smallest absolute Gasteiger partial charge is 0.305 e. The molecular formula is C12H22N2O3. The Hall–Kier alpha value is -1.10. The minimum Gasteiger partial charge on any atom is -0.481 e. The molecule has 5 heteroatoms. The van der Waals surface area contributed by atoms with E-state index in [1.807, 2.05) is 20.8 Å². The summed E-state index contributed by atoms with van der Waals surface area (Å²) >= 11 is 0. The molecule has 0 aromatic rings. The Labute approximate surface area is 102 Å². The second-order valence-corrected chi connectivity index (χ2v) is 6.00. The van der Waals surface area contributed by atoms with Crippen molar-refractivity contribution in [3.8, 4) is 0 Å². The first-order valence-electron chi connectivity index (χ1n) is 5.97. The van der Waals surface area contributed by atoms with Gasteiger partial charge in [0.25, 0.3) is 0 Å². The molecule has 0 bridgehead atoms. The van der Waals surface area contributed by atoms with Gasteiger partial charge in [-0.05, 0) is 24.7 Å². The molecule has 0 spiro atoms. The molecule has 1 rings (SSSR count). The maximum atomic E-state index is 12.0. The lowest BCUT2D eigenvalue weighted by Gasteiger charge is -2.39. The van der Waals surface area contributed by atoms with Crippen LogP contribution in [0, 0.1) is 5.41 Å². The first-order valence-corrected chi connectivity index (χ1v) is 5.97. The standard InChI is InChI=1S/C12H22N2O3/c1-11(2,3)8(7-9(15)16)14-10(17)12(13)5-4-6-12/h8H,4-7,13H2,1-3H3,(H,14,17)(H,15,16). The molecule has 4 N–H and O–H groups in total. The molecule has 0 aromatic carbocycles. The van der Waals surface area contributed by atoms with E-state index in [-0.39, 0.29) is 17.7 Å². The van der Waals surface area contributed by atoms with Crippen LogP contribution in [-0.4, -0.2) is 28.6 Å². The molecule has 0 heterocycles. The largest absolute Gasteiger partial charge is 0.481 e. The Kier molecular flexibility index (Phi) is 3.81. The Morgan fingerprint density at radius 1 is 1.41 bits per heavy atom. The van der Waals surface area contributed by atoms with E-state index in [1.165, 1.54) is 0 Å². The van der Waals surface area contributed by atoms with Crippen LogP contribution in [0.2, 0.25) is 0 Å². The zero-order chi connectivity index (χ0) is 13.3. The van der Waals surface area contributed by atoms with Crippen LogP contribution in [0.3, 0.4) is 0 Å². The number of hydrogen-bond donors (Lipinski definition) is 3. The second-order valence-electron chi connectivity index (χ2n) is 6.00. The summed E-state index contributed by atoms with van der Waals surface area (Å²) in [6, 6.07) is -0.395. The van der Waals surface area contributed by atoms with Crippen molar-refractivity contribution in [3.05, 3.63) is 0 Å². The number of rotatable bonds is 4. The highest BCUT2D eigenvalue weighted by molar-refractivity contribution is 5.87. The number of nitrogens with two attached hydrogens (primary N) is 1. The van der Waals surface area contributed by atoms with Crippen LogP contribution < -0.4 is 11.1 Å². The first-order chi connectivity index (χ1) is 7.65. The Bertz CT molecular complexity index is 316. The number of amides is 1. The van der Waals surface area contributed by atoms with Gasteiger partial charge in [0.05, 0.1) is 12.0 Å². The lowest BCUT2D eigenvalue weighted by molar-refractivity contribution is -0.139. The van der Waals surface area contributed by atoms with Crippen LogP contribution in [0.5, 0.6) is 0 Å². The molecule has 1 aliphatic rings. The minimum atomic E-state index is -0.912. The third-order valence-corrected chi connectivity index (χ3v) is 3.43. The number of nitrogens with one attached hydrogen (secondary N) is 1. The van der Waals surface area contributed by atoms with Crippen LogP contribution in [-0.2, 0) is 9.59 Å². The van der Waals surface area contributed by atoms with Crippen molar-refractivity contribution < 1.29 is 14.7 Å². The maximum absolute atomic E-state index is 12.0. The highest BCUT2D eigenvalue weighted by Crippen LogP contribution is 2.30. The summed E-state index contributed by atoms with van der Waals surface area (Å²) in [5, 5.41) is 11.6. The van der Waals surface area contributed by atoms with Crippen molar-refractivity contribution in [2.45, 2.75) is 58.0 Å². The highest BCUT2D eigenvalue weighted by Gasteiger charge is 2.42. The molecule has 1 unspecified atom stereocenters. The van der Waals surface area contributed by atoms with E-state index in [9.17, 15) is 9.59 Å². The number of hydrogen-bond acceptors (Lipinski definition) is 3. The van der Waals surface area contributed by atoms with Gasteiger partial charge in [0.15, 0.2) is 0 Å². The van der Waals surface area contributed by atoms with Crippen molar-refractivity contribution in [3.63, 3.8) is 0 Å². The van der Waals surface area contributed by atoms with Crippen molar-refractivity contribution in [2.24, 2.45) is 11.1 Å². The van der Waals surface area contributed by atoms with E-state index >= 15 is 0 Å². The van der Waals surface area contributed by atoms with Gasteiger partial charge in [-0.3, -0.25) is 9.59 Å². The fourth-order valence-corrected chi connectivity index (χ4v) is 1.84. The summed E-state index contributed by atoms with van der Waals surface area (Å²) in [4.78, 5) is 22.7. The fraction of sp³-hybridized carbons (Fsp3) is 0.833. The van der Waals surface area contributed by atoms with Crippen molar-refractivity contribution >= 4 is 11.9 Å². The number of aliphatic carboxylic acids is 1. The van der Waals surface area contributed by atoms with E-state index in [4.69, 9.17) is 10.8 Å². The SMILES string of the molecule is CC(C)(C)C(CC(=O)O)NC(=O)C1(N)CCC1. The van der Waals surface area contributed by atoms with Gasteiger partial charge in [-0.1, -0.05) is 20.8 Å². The van der Waals surface area contributed by atoms with Crippen LogP contribution in [0.4, 0.5) is 0 Å². The van der Waals surface area contributed by atoms with E-state index < -0.39 is 17.6 Å². The van der Waals surface area contributed by atoms with Gasteiger partial charge in [-0.2, -0.15) is 0 Å². The minimum absolute atomic E-state index is 0.0781. The van der Waals surface area contributed by atoms with E-state index in [0.29, 0.717) is 12.8 Å². The molecule has 1 fully saturated rings. The summed E-state index contributed by atoms with van der Waals surface area (Å²) in [5.74, 6) is -1.13. The molecule has 1 saturated carbocycles. The third-order valence-electron chi connectivity index (χ3n) is 3.43. The summed E-state index contributed by atoms with van der Waals surface area (Å²) in [7, 11) is 0. The Morgan fingerprint density at radius 2 is 1.94 bits per heavy atom. The molecule has 98 valence electrons. The van der Waals surface area contributed by atoms with Gasteiger partial charge in [-0.15, -0.1) is 0 Å². The first kappa shape index (κ1) is 14.0. The van der Waals surface area contributed by atoms with Crippen molar-refractivity contribution in [1.82, 2.24) is 5.32 Å². The summed E-state index contributed by atoms with van der Waals surface area (Å²) in [6.07, 6.45) is 2.25. The zero-order valence-corrected chi connectivity index (χ0v) is 10.7. The van der Waals surface area contributed by atoms with Gasteiger partial charge < -0.3 is 16.2 Å². The fourth-order valence-electron chi connectivity index (χ4n) is 1.84. The summed E-state index contributed by atoms with van der Waals surface area (Å²) < 4.78 is 0. The van der Waals surface area contributed by atoms with E-state index in [1.54, 1.807) is 0 Å². The number of carboxylic acid groups (broad SMARTS) is 1. The van der Waals surface area contributed by atoms with Crippen molar-refractivity contribution in [1.29, 1.82) is 0 Å². The predicted molar refractivity (Wildman–Crippen MR) is 64.4 cm³/mol. The number of carbonyl (C=O) groups excluding carboxylic acids is 1. The summed E-state index contributed by atoms with van der Waals surface area (Å²) in [6.45, 7) is 5.72. The normalized spacial score (nSPS) is 20.2. The molecule has 1 aliphatic carbocycles. The molecule has 0 radical (unpaired) electrons. The van der Waals surface area contributed by atoms with Gasteiger partial charge >= 0.3 is 5.97 Å². The van der Waals surface area contributed by atoms with Gasteiger partial charge in [0.1, 0.15) is 0 Å². The van der Waals surface area contributed by atoms with Crippen LogP contribution in [0.25, 0.3) is 0 Å². The van der Waals surface area contributed by atoms with Gasteiger partial charge in [0, 0.05) is 6.04 Å². The quantitative estimate of drug-likeness (QED) is 0.682. The van der Waals surface area contributed by atoms with Crippen LogP contribution in [0.15, 0.2) is 0 Å². The topological polar surface area (TPSA) is 92.4 Å². The third kappa shape index (κ3) is 3.43. The average Bonchev–Trinajstić information content (AvgIpc) is 2.10.